The summed E-state index contributed by atoms with van der Waals surface area (Å²) in [4.78, 5) is 29.3. The monoisotopic (exact) mass is 381 g/mol. The molecule has 0 spiro atoms. The van der Waals surface area contributed by atoms with Crippen molar-refractivity contribution >= 4 is 11.9 Å². The van der Waals surface area contributed by atoms with Crippen molar-refractivity contribution in [3.05, 3.63) is 35.9 Å². The van der Waals surface area contributed by atoms with E-state index in [2.05, 4.69) is 10.2 Å². The Balaban J connectivity index is 1.90. The lowest BCUT2D eigenvalue weighted by molar-refractivity contribution is -0.196. The van der Waals surface area contributed by atoms with Gasteiger partial charge in [-0.15, -0.1) is 0 Å². The summed E-state index contributed by atoms with van der Waals surface area (Å²) in [6, 6.07) is 9.40. The van der Waals surface area contributed by atoms with Gasteiger partial charge in [0.25, 0.3) is 0 Å². The number of benzene rings is 1. The molecule has 1 aromatic carbocycles. The van der Waals surface area contributed by atoms with Gasteiger partial charge in [-0.05, 0) is 12.0 Å². The van der Waals surface area contributed by atoms with Gasteiger partial charge < -0.3 is 19.3 Å². The lowest BCUT2D eigenvalue weighted by atomic mass is 9.91. The number of hydrogen-bond acceptors (Lipinski definition) is 7. The lowest BCUT2D eigenvalue weighted by Crippen LogP contribution is -2.44. The molecule has 8 heteroatoms. The summed E-state index contributed by atoms with van der Waals surface area (Å²) < 4.78 is 15.8. The summed E-state index contributed by atoms with van der Waals surface area (Å²) in [6.07, 6.45) is -0.857. The van der Waals surface area contributed by atoms with E-state index in [1.807, 2.05) is 30.3 Å². The molecule has 1 unspecified atom stereocenters. The molecule has 0 aromatic heterocycles. The Morgan fingerprint density at radius 3 is 2.52 bits per heavy atom. The van der Waals surface area contributed by atoms with E-state index < -0.39 is 29.7 Å². The number of hydroxylamine groups is 1. The number of amides is 1. The smallest absolute Gasteiger partial charge is 0.310 e. The molecular formula is C19H27NO7. The van der Waals surface area contributed by atoms with E-state index in [1.54, 1.807) is 6.92 Å². The van der Waals surface area contributed by atoms with Crippen molar-refractivity contribution in [3.8, 4) is 0 Å². The van der Waals surface area contributed by atoms with Crippen molar-refractivity contribution in [2.45, 2.75) is 44.7 Å². The van der Waals surface area contributed by atoms with Gasteiger partial charge in [-0.1, -0.05) is 37.3 Å². The van der Waals surface area contributed by atoms with Crippen molar-refractivity contribution in [2.75, 3.05) is 20.3 Å². The Morgan fingerprint density at radius 1 is 1.26 bits per heavy atom. The van der Waals surface area contributed by atoms with E-state index in [4.69, 9.17) is 14.3 Å². The Morgan fingerprint density at radius 2 is 1.93 bits per heavy atom. The molecular weight excluding hydrogens is 354 g/mol. The van der Waals surface area contributed by atoms with E-state index in [-0.39, 0.29) is 19.4 Å². The molecule has 0 bridgehead atoms. The topological polar surface area (TPSA) is 103 Å². The van der Waals surface area contributed by atoms with E-state index in [0.29, 0.717) is 19.6 Å². The maximum Gasteiger partial charge on any atom is 0.310 e. The molecule has 1 aliphatic rings. The number of nitrogens with one attached hydrogen (secondary N) is 1. The van der Waals surface area contributed by atoms with Crippen LogP contribution in [0.4, 0.5) is 0 Å². The largest absolute Gasteiger partial charge is 0.469 e. The van der Waals surface area contributed by atoms with Gasteiger partial charge in [0, 0.05) is 6.42 Å². The van der Waals surface area contributed by atoms with Crippen molar-refractivity contribution in [2.24, 2.45) is 5.92 Å². The number of ether oxygens (including phenoxy) is 3. The predicted octanol–water partition coefficient (Wildman–Crippen LogP) is 1.32. The molecule has 1 saturated heterocycles. The van der Waals surface area contributed by atoms with Crippen LogP contribution in [0.15, 0.2) is 30.3 Å². The van der Waals surface area contributed by atoms with Crippen LogP contribution in [0.3, 0.4) is 0 Å². The molecule has 8 nitrogen and oxygen atoms in total. The molecule has 1 aliphatic heterocycles. The van der Waals surface area contributed by atoms with Gasteiger partial charge in [0.1, 0.15) is 0 Å². The highest BCUT2D eigenvalue weighted by molar-refractivity contribution is 5.78. The second-order valence-corrected chi connectivity index (χ2v) is 6.39. The zero-order chi connectivity index (χ0) is 19.7. The summed E-state index contributed by atoms with van der Waals surface area (Å²) in [5, 5.41) is 10.6. The van der Waals surface area contributed by atoms with Crippen LogP contribution >= 0.6 is 0 Å². The van der Waals surface area contributed by atoms with Crippen LogP contribution in [0.5, 0.6) is 0 Å². The van der Waals surface area contributed by atoms with Crippen molar-refractivity contribution in [1.82, 2.24) is 5.48 Å². The molecule has 0 radical (unpaired) electrons. The molecule has 27 heavy (non-hydrogen) atoms. The van der Waals surface area contributed by atoms with Crippen LogP contribution in [-0.4, -0.2) is 49.2 Å². The summed E-state index contributed by atoms with van der Waals surface area (Å²) in [6.45, 7) is 2.63. The third kappa shape index (κ3) is 6.28. The highest BCUT2D eigenvalue weighted by Crippen LogP contribution is 2.31. The molecule has 1 amide bonds. The zero-order valence-electron chi connectivity index (χ0n) is 15.7. The zero-order valence-corrected chi connectivity index (χ0v) is 15.7. The number of hydrogen-bond donors (Lipinski definition) is 2. The molecule has 1 fully saturated rings. The number of carbonyl (C=O) groups excluding carboxylic acids is 2. The van der Waals surface area contributed by atoms with Gasteiger partial charge in [-0.2, -0.15) is 0 Å². The number of aliphatic hydroxyl groups is 1. The summed E-state index contributed by atoms with van der Waals surface area (Å²) in [7, 11) is 1.27. The van der Waals surface area contributed by atoms with Crippen molar-refractivity contribution < 1.29 is 33.7 Å². The number of carbonyl (C=O) groups is 2. The Hall–Kier alpha value is -2.00. The Kier molecular flexibility index (Phi) is 8.18. The predicted molar refractivity (Wildman–Crippen MR) is 95.0 cm³/mol. The SMILES string of the molecule is CCC(C(=O)NOCc1ccccc1)[C@H](O)CC1(CC(=O)OC)OCCO1. The maximum atomic E-state index is 12.4. The highest BCUT2D eigenvalue weighted by Gasteiger charge is 2.43. The summed E-state index contributed by atoms with van der Waals surface area (Å²) in [5.41, 5.74) is 3.29. The Bertz CT molecular complexity index is 601. The van der Waals surface area contributed by atoms with Gasteiger partial charge in [-0.3, -0.25) is 14.4 Å². The third-order valence-corrected chi connectivity index (χ3v) is 4.47. The lowest BCUT2D eigenvalue weighted by Gasteiger charge is -2.31. The molecule has 1 heterocycles. The molecule has 0 aliphatic carbocycles. The van der Waals surface area contributed by atoms with Gasteiger partial charge >= 0.3 is 5.97 Å². The van der Waals surface area contributed by atoms with E-state index in [1.165, 1.54) is 7.11 Å². The van der Waals surface area contributed by atoms with Crippen LogP contribution in [0.25, 0.3) is 0 Å². The highest BCUT2D eigenvalue weighted by atomic mass is 16.7. The maximum absolute atomic E-state index is 12.4. The summed E-state index contributed by atoms with van der Waals surface area (Å²) >= 11 is 0. The van der Waals surface area contributed by atoms with Gasteiger partial charge in [0.15, 0.2) is 5.79 Å². The molecule has 2 N–H and O–H groups in total. The first-order valence-corrected chi connectivity index (χ1v) is 8.98. The molecule has 2 atom stereocenters. The molecule has 0 saturated carbocycles. The minimum Gasteiger partial charge on any atom is -0.469 e. The van der Waals surface area contributed by atoms with Gasteiger partial charge in [0.2, 0.25) is 5.91 Å². The van der Waals surface area contributed by atoms with Crippen molar-refractivity contribution in [3.63, 3.8) is 0 Å². The fourth-order valence-electron chi connectivity index (χ4n) is 3.01. The van der Waals surface area contributed by atoms with E-state index in [9.17, 15) is 14.7 Å². The normalized spacial score (nSPS) is 17.9. The number of esters is 1. The van der Waals surface area contributed by atoms with E-state index >= 15 is 0 Å². The first-order chi connectivity index (χ1) is 13.0. The Labute approximate surface area is 158 Å². The summed E-state index contributed by atoms with van der Waals surface area (Å²) in [5.74, 6) is -2.95. The first kappa shape index (κ1) is 21.3. The minimum atomic E-state index is -1.27. The number of aliphatic hydroxyl groups excluding tert-OH is 1. The standard InChI is InChI=1S/C19H27NO7/c1-3-15(18(23)20-27-13-14-7-5-4-6-8-14)16(21)11-19(12-17(22)24-2)25-9-10-26-19/h4-8,15-16,21H,3,9-13H2,1-2H3,(H,20,23)/t15?,16-/m1/s1. The number of rotatable bonds is 10. The first-order valence-electron chi connectivity index (χ1n) is 8.98. The van der Waals surface area contributed by atoms with Gasteiger partial charge in [0.05, 0.1) is 45.4 Å². The molecule has 150 valence electrons. The third-order valence-electron chi connectivity index (χ3n) is 4.47. The average molecular weight is 381 g/mol. The minimum absolute atomic E-state index is 0.0211. The van der Waals surface area contributed by atoms with Crippen LogP contribution in [0.2, 0.25) is 0 Å². The van der Waals surface area contributed by atoms with Gasteiger partial charge in [-0.25, -0.2) is 5.48 Å². The quantitative estimate of drug-likeness (QED) is 0.465. The van der Waals surface area contributed by atoms with Crippen molar-refractivity contribution in [1.29, 1.82) is 0 Å². The second-order valence-electron chi connectivity index (χ2n) is 6.39. The number of methoxy groups -OCH3 is 1. The average Bonchev–Trinajstić information content (AvgIpc) is 3.10. The van der Waals surface area contributed by atoms with Crippen LogP contribution in [-0.2, 0) is 35.2 Å². The fourth-order valence-corrected chi connectivity index (χ4v) is 3.01. The fraction of sp³-hybridized carbons (Fsp3) is 0.579. The van der Waals surface area contributed by atoms with Crippen LogP contribution < -0.4 is 5.48 Å². The molecule has 1 aromatic rings. The van der Waals surface area contributed by atoms with Crippen LogP contribution in [0.1, 0.15) is 31.7 Å². The van der Waals surface area contributed by atoms with E-state index in [0.717, 1.165) is 5.56 Å². The molecule has 2 rings (SSSR count). The van der Waals surface area contributed by atoms with Crippen LogP contribution in [0, 0.1) is 5.92 Å². The second kappa shape index (κ2) is 10.4.